The van der Waals surface area contributed by atoms with Crippen molar-refractivity contribution in [3.63, 3.8) is 0 Å². The average Bonchev–Trinajstić information content (AvgIpc) is 3.13. The number of aryl methyl sites for hydroxylation is 1. The summed E-state index contributed by atoms with van der Waals surface area (Å²) in [6.07, 6.45) is 1.66. The van der Waals surface area contributed by atoms with Crippen LogP contribution in [0, 0.1) is 10.1 Å². The van der Waals surface area contributed by atoms with Gasteiger partial charge < -0.3 is 5.32 Å². The summed E-state index contributed by atoms with van der Waals surface area (Å²) < 4.78 is 1.45. The van der Waals surface area contributed by atoms with Crippen molar-refractivity contribution in [2.24, 2.45) is 7.05 Å². The molecule has 1 amide bonds. The van der Waals surface area contributed by atoms with Crippen LogP contribution in [0.15, 0.2) is 64.8 Å². The number of anilines is 1. The van der Waals surface area contributed by atoms with Crippen LogP contribution in [0.1, 0.15) is 10.4 Å². The highest BCUT2D eigenvalue weighted by Crippen LogP contribution is 2.32. The number of fused-ring (bicyclic) bond motifs is 1. The van der Waals surface area contributed by atoms with Crippen LogP contribution in [0.4, 0.5) is 11.4 Å². The van der Waals surface area contributed by atoms with Gasteiger partial charge in [-0.25, -0.2) is 4.68 Å². The highest BCUT2D eigenvalue weighted by molar-refractivity contribution is 7.99. The molecule has 144 valence electrons. The molecule has 4 aromatic rings. The van der Waals surface area contributed by atoms with Gasteiger partial charge in [0.2, 0.25) is 5.16 Å². The first-order valence-electron chi connectivity index (χ1n) is 8.36. The van der Waals surface area contributed by atoms with E-state index in [1.165, 1.54) is 22.9 Å². The van der Waals surface area contributed by atoms with Gasteiger partial charge >= 0.3 is 0 Å². The average molecular weight is 407 g/mol. The first-order valence-corrected chi connectivity index (χ1v) is 9.18. The number of carbonyl (C=O) groups is 1. The highest BCUT2D eigenvalue weighted by atomic mass is 32.2. The number of nitrogens with zero attached hydrogens (tertiary/aromatic N) is 6. The monoisotopic (exact) mass is 407 g/mol. The molecule has 29 heavy (non-hydrogen) atoms. The van der Waals surface area contributed by atoms with Crippen molar-refractivity contribution in [2.75, 3.05) is 5.32 Å². The first kappa shape index (κ1) is 18.5. The van der Waals surface area contributed by atoms with E-state index in [1.54, 1.807) is 31.4 Å². The molecule has 0 unspecified atom stereocenters. The molecular weight excluding hydrogens is 394 g/mol. The van der Waals surface area contributed by atoms with Crippen molar-refractivity contribution in [3.8, 4) is 0 Å². The van der Waals surface area contributed by atoms with Gasteiger partial charge in [0.1, 0.15) is 0 Å². The summed E-state index contributed by atoms with van der Waals surface area (Å²) in [5.74, 6) is -0.484. The maximum Gasteiger partial charge on any atom is 0.270 e. The van der Waals surface area contributed by atoms with Crippen molar-refractivity contribution < 1.29 is 9.72 Å². The van der Waals surface area contributed by atoms with E-state index in [-0.39, 0.29) is 11.3 Å². The first-order chi connectivity index (χ1) is 14.0. The van der Waals surface area contributed by atoms with Gasteiger partial charge in [0.15, 0.2) is 0 Å². The molecule has 2 aromatic carbocycles. The van der Waals surface area contributed by atoms with Crippen LogP contribution in [0.3, 0.4) is 0 Å². The zero-order valence-electron chi connectivity index (χ0n) is 15.0. The lowest BCUT2D eigenvalue weighted by Crippen LogP contribution is -2.14. The molecule has 0 saturated heterocycles. The lowest BCUT2D eigenvalue weighted by molar-refractivity contribution is -0.384. The predicted octanol–water partition coefficient (Wildman–Crippen LogP) is 3.07. The number of carbonyl (C=O) groups excluding carboxylic acids is 1. The van der Waals surface area contributed by atoms with E-state index in [0.717, 1.165) is 22.7 Å². The van der Waals surface area contributed by atoms with Gasteiger partial charge in [0.05, 0.1) is 21.7 Å². The fraction of sp³-hybridized carbons (Fsp3) is 0.0556. The molecule has 0 aliphatic rings. The van der Waals surface area contributed by atoms with E-state index in [1.807, 2.05) is 12.1 Å². The molecule has 0 aliphatic carbocycles. The molecule has 0 saturated carbocycles. The normalized spacial score (nSPS) is 10.8. The molecule has 0 fully saturated rings. The molecule has 2 aromatic heterocycles. The van der Waals surface area contributed by atoms with Crippen molar-refractivity contribution in [1.29, 1.82) is 0 Å². The maximum absolute atomic E-state index is 13.0. The summed E-state index contributed by atoms with van der Waals surface area (Å²) in [6.45, 7) is 0. The van der Waals surface area contributed by atoms with E-state index in [9.17, 15) is 14.9 Å². The number of hydrogen-bond donors (Lipinski definition) is 1. The van der Waals surface area contributed by atoms with Crippen molar-refractivity contribution >= 4 is 39.9 Å². The lowest BCUT2D eigenvalue weighted by Gasteiger charge is -2.11. The number of nitrogens with one attached hydrogen (secondary N) is 1. The lowest BCUT2D eigenvalue weighted by atomic mass is 10.1. The Labute approximate surface area is 168 Å². The van der Waals surface area contributed by atoms with Crippen LogP contribution in [-0.4, -0.2) is 36.0 Å². The third-order valence-corrected chi connectivity index (χ3v) is 5.20. The topological polar surface area (TPSA) is 129 Å². The van der Waals surface area contributed by atoms with Crippen molar-refractivity contribution in [1.82, 2.24) is 25.2 Å². The minimum Gasteiger partial charge on any atom is -0.321 e. The molecule has 10 nitrogen and oxygen atoms in total. The number of amides is 1. The molecule has 11 heteroatoms. The zero-order valence-corrected chi connectivity index (χ0v) is 15.8. The number of aromatic nitrogens is 5. The van der Waals surface area contributed by atoms with E-state index >= 15 is 0 Å². The maximum atomic E-state index is 13.0. The van der Waals surface area contributed by atoms with E-state index in [4.69, 9.17) is 0 Å². The second-order valence-corrected chi connectivity index (χ2v) is 6.96. The van der Waals surface area contributed by atoms with Crippen LogP contribution >= 0.6 is 11.8 Å². The molecule has 0 aliphatic heterocycles. The Morgan fingerprint density at radius 2 is 2.07 bits per heavy atom. The summed E-state index contributed by atoms with van der Waals surface area (Å²) in [6, 6.07) is 13.1. The summed E-state index contributed by atoms with van der Waals surface area (Å²) in [5.41, 5.74) is 1.25. The van der Waals surface area contributed by atoms with Crippen LogP contribution in [0.25, 0.3) is 10.9 Å². The van der Waals surface area contributed by atoms with Crippen molar-refractivity contribution in [3.05, 3.63) is 70.4 Å². The summed E-state index contributed by atoms with van der Waals surface area (Å²) in [7, 11) is 1.66. The number of hydrogen-bond acceptors (Lipinski definition) is 8. The molecule has 1 N–H and O–H groups in total. The SMILES string of the molecule is Cn1nnnc1Sc1ccc([N+](=O)[O-])cc1C(=O)Nc1cccc2ncccc12. The fourth-order valence-corrected chi connectivity index (χ4v) is 3.55. The summed E-state index contributed by atoms with van der Waals surface area (Å²) in [5, 5.41) is 26.5. The molecule has 0 spiro atoms. The van der Waals surface area contributed by atoms with Crippen LogP contribution in [0.5, 0.6) is 0 Å². The van der Waals surface area contributed by atoms with Crippen molar-refractivity contribution in [2.45, 2.75) is 10.1 Å². The molecule has 0 atom stereocenters. The van der Waals surface area contributed by atoms with Gasteiger partial charge in [0, 0.05) is 35.7 Å². The van der Waals surface area contributed by atoms with E-state index in [2.05, 4.69) is 25.8 Å². The largest absolute Gasteiger partial charge is 0.321 e. The second kappa shape index (κ2) is 7.64. The number of tetrazole rings is 1. The quantitative estimate of drug-likeness (QED) is 0.395. The number of benzene rings is 2. The van der Waals surface area contributed by atoms with Gasteiger partial charge in [-0.1, -0.05) is 6.07 Å². The summed E-state index contributed by atoms with van der Waals surface area (Å²) in [4.78, 5) is 28.5. The third kappa shape index (κ3) is 3.75. The summed E-state index contributed by atoms with van der Waals surface area (Å²) >= 11 is 1.14. The number of nitro groups is 1. The van der Waals surface area contributed by atoms with Gasteiger partial charge in [-0.15, -0.1) is 5.10 Å². The van der Waals surface area contributed by atoms with Gasteiger partial charge in [-0.2, -0.15) is 0 Å². The third-order valence-electron chi connectivity index (χ3n) is 4.09. The number of non-ortho nitro benzene ring substituents is 1. The predicted molar refractivity (Wildman–Crippen MR) is 106 cm³/mol. The highest BCUT2D eigenvalue weighted by Gasteiger charge is 2.20. The number of nitro benzene ring substituents is 1. The van der Waals surface area contributed by atoms with Gasteiger partial charge in [-0.3, -0.25) is 19.9 Å². The number of pyridine rings is 1. The number of rotatable bonds is 5. The Morgan fingerprint density at radius 1 is 1.21 bits per heavy atom. The molecule has 2 heterocycles. The molecule has 4 rings (SSSR count). The van der Waals surface area contributed by atoms with Crippen LogP contribution in [-0.2, 0) is 7.05 Å². The molecule has 0 bridgehead atoms. The Balaban J connectivity index is 1.73. The van der Waals surface area contributed by atoms with Gasteiger partial charge in [-0.05, 0) is 52.5 Å². The minimum atomic E-state index is -0.545. The minimum absolute atomic E-state index is 0.146. The zero-order chi connectivity index (χ0) is 20.4. The Hall–Kier alpha value is -3.86. The molecular formula is C18H13N7O3S. The van der Waals surface area contributed by atoms with E-state index < -0.39 is 10.8 Å². The molecule has 0 radical (unpaired) electrons. The van der Waals surface area contributed by atoms with E-state index in [0.29, 0.717) is 15.7 Å². The Kier molecular flexibility index (Phi) is 4.87. The van der Waals surface area contributed by atoms with Crippen LogP contribution < -0.4 is 5.32 Å². The standard InChI is InChI=1S/C18H13N7O3S/c1-24-18(21-22-23-24)29-16-8-7-11(25(27)28)10-13(16)17(26)20-15-6-2-5-14-12(15)4-3-9-19-14/h2-10H,1H3,(H,20,26). The fourth-order valence-electron chi connectivity index (χ4n) is 2.71. The smallest absolute Gasteiger partial charge is 0.270 e. The van der Waals surface area contributed by atoms with Gasteiger partial charge in [0.25, 0.3) is 11.6 Å². The Morgan fingerprint density at radius 3 is 2.83 bits per heavy atom. The van der Waals surface area contributed by atoms with Crippen LogP contribution in [0.2, 0.25) is 0 Å². The Bertz CT molecular complexity index is 1240. The second-order valence-electron chi connectivity index (χ2n) is 5.95.